The molecule has 0 aliphatic heterocycles. The van der Waals surface area contributed by atoms with Gasteiger partial charge in [0.05, 0.1) is 11.3 Å². The molecule has 0 radical (unpaired) electrons. The minimum atomic E-state index is -0.287. The van der Waals surface area contributed by atoms with Crippen LogP contribution in [0.5, 0.6) is 0 Å². The second-order valence-electron chi connectivity index (χ2n) is 4.43. The number of nitriles is 1. The lowest BCUT2D eigenvalue weighted by molar-refractivity contribution is -0.123. The summed E-state index contributed by atoms with van der Waals surface area (Å²) in [4.78, 5) is 24.9. The minimum Gasteiger partial charge on any atom is -0.385 e. The molecule has 0 heterocycles. The quantitative estimate of drug-likeness (QED) is 0.761. The van der Waals surface area contributed by atoms with Crippen LogP contribution in [0.15, 0.2) is 24.3 Å². The fraction of sp³-hybridized carbons (Fsp3) is 0.400. The van der Waals surface area contributed by atoms with Gasteiger partial charge in [-0.15, -0.1) is 0 Å². The summed E-state index contributed by atoms with van der Waals surface area (Å²) in [5.41, 5.74) is 0.805. The third kappa shape index (κ3) is 5.24. The molecule has 6 nitrogen and oxygen atoms in total. The largest absolute Gasteiger partial charge is 0.385 e. The number of hydrogen-bond donors (Lipinski definition) is 1. The maximum Gasteiger partial charge on any atom is 0.240 e. The van der Waals surface area contributed by atoms with Crippen LogP contribution in [0.25, 0.3) is 0 Å². The van der Waals surface area contributed by atoms with E-state index in [-0.39, 0.29) is 18.4 Å². The molecule has 0 spiro atoms. The van der Waals surface area contributed by atoms with Gasteiger partial charge in [-0.1, -0.05) is 12.1 Å². The Morgan fingerprint density at radius 1 is 1.38 bits per heavy atom. The average Bonchev–Trinajstić information content (AvgIpc) is 2.49. The Balaban J connectivity index is 2.73. The van der Waals surface area contributed by atoms with E-state index in [9.17, 15) is 9.59 Å². The zero-order chi connectivity index (χ0) is 15.7. The lowest BCUT2D eigenvalue weighted by Gasteiger charge is -2.21. The summed E-state index contributed by atoms with van der Waals surface area (Å²) >= 11 is 0. The van der Waals surface area contributed by atoms with E-state index in [1.165, 1.54) is 11.8 Å². The molecule has 1 N–H and O–H groups in total. The summed E-state index contributed by atoms with van der Waals surface area (Å²) in [5.74, 6) is -0.557. The average molecular weight is 289 g/mol. The summed E-state index contributed by atoms with van der Waals surface area (Å²) in [7, 11) is 1.60. The van der Waals surface area contributed by atoms with Crippen molar-refractivity contribution in [3.8, 4) is 6.07 Å². The molecule has 112 valence electrons. The molecule has 6 heteroatoms. The number of anilines is 1. The van der Waals surface area contributed by atoms with Crippen LogP contribution in [0.3, 0.4) is 0 Å². The van der Waals surface area contributed by atoms with E-state index in [0.717, 1.165) is 0 Å². The van der Waals surface area contributed by atoms with Gasteiger partial charge in [0, 0.05) is 27.2 Å². The molecular weight excluding hydrogens is 270 g/mol. The first kappa shape index (κ1) is 16.7. The highest BCUT2D eigenvalue weighted by Gasteiger charge is 2.18. The van der Waals surface area contributed by atoms with Gasteiger partial charge in [-0.3, -0.25) is 9.59 Å². The number of para-hydroxylation sites is 1. The van der Waals surface area contributed by atoms with Crippen LogP contribution >= 0.6 is 0 Å². The second-order valence-corrected chi connectivity index (χ2v) is 4.43. The maximum absolute atomic E-state index is 11.9. The highest BCUT2D eigenvalue weighted by atomic mass is 16.5. The molecule has 1 aromatic carbocycles. The maximum atomic E-state index is 11.9. The molecule has 0 unspecified atom stereocenters. The Kier molecular flexibility index (Phi) is 6.92. The summed E-state index contributed by atoms with van der Waals surface area (Å²) in [6.45, 7) is 2.31. The fourth-order valence-corrected chi connectivity index (χ4v) is 1.81. The van der Waals surface area contributed by atoms with Crippen molar-refractivity contribution in [2.75, 3.05) is 31.7 Å². The van der Waals surface area contributed by atoms with Gasteiger partial charge in [-0.2, -0.15) is 5.26 Å². The van der Waals surface area contributed by atoms with Crippen molar-refractivity contribution in [3.05, 3.63) is 29.8 Å². The van der Waals surface area contributed by atoms with Gasteiger partial charge in [0.2, 0.25) is 11.8 Å². The minimum absolute atomic E-state index is 0.110. The topological polar surface area (TPSA) is 82.4 Å². The summed E-state index contributed by atoms with van der Waals surface area (Å²) in [5, 5.41) is 11.8. The zero-order valence-corrected chi connectivity index (χ0v) is 12.3. The summed E-state index contributed by atoms with van der Waals surface area (Å²) in [6, 6.07) is 8.72. The number of hydrogen-bond acceptors (Lipinski definition) is 4. The number of methoxy groups -OCH3 is 1. The van der Waals surface area contributed by atoms with Crippen LogP contribution in [0.2, 0.25) is 0 Å². The number of carbonyl (C=O) groups excluding carboxylic acids is 2. The van der Waals surface area contributed by atoms with E-state index >= 15 is 0 Å². The number of nitrogens with zero attached hydrogens (tertiary/aromatic N) is 2. The number of ether oxygens (including phenoxy) is 1. The number of carbonyl (C=O) groups is 2. The monoisotopic (exact) mass is 289 g/mol. The lowest BCUT2D eigenvalue weighted by atomic mass is 10.1. The molecule has 1 aromatic rings. The zero-order valence-electron chi connectivity index (χ0n) is 12.3. The van der Waals surface area contributed by atoms with E-state index in [0.29, 0.717) is 30.8 Å². The van der Waals surface area contributed by atoms with Crippen LogP contribution in [0.4, 0.5) is 5.69 Å². The molecule has 0 bridgehead atoms. The lowest BCUT2D eigenvalue weighted by Crippen LogP contribution is -2.40. The second kappa shape index (κ2) is 8.72. The van der Waals surface area contributed by atoms with Crippen molar-refractivity contribution in [2.24, 2.45) is 0 Å². The van der Waals surface area contributed by atoms with Gasteiger partial charge in [0.15, 0.2) is 0 Å². The van der Waals surface area contributed by atoms with Crippen molar-refractivity contribution >= 4 is 17.5 Å². The van der Waals surface area contributed by atoms with Crippen molar-refractivity contribution < 1.29 is 14.3 Å². The molecule has 0 aromatic heterocycles. The van der Waals surface area contributed by atoms with Gasteiger partial charge < -0.3 is 15.0 Å². The molecule has 0 atom stereocenters. The Bertz CT molecular complexity index is 537. The molecule has 0 saturated heterocycles. The van der Waals surface area contributed by atoms with E-state index in [2.05, 4.69) is 5.32 Å². The van der Waals surface area contributed by atoms with Gasteiger partial charge in [0.25, 0.3) is 0 Å². The first-order valence-electron chi connectivity index (χ1n) is 6.63. The molecule has 0 saturated carbocycles. The standard InChI is InChI=1S/C15H19N3O3/c1-12(19)18(11-15(20)17-8-5-9-21-2)14-7-4-3-6-13(14)10-16/h3-4,6-7H,5,8-9,11H2,1-2H3,(H,17,20). The molecule has 0 fully saturated rings. The van der Waals surface area contributed by atoms with Gasteiger partial charge >= 0.3 is 0 Å². The third-order valence-corrected chi connectivity index (χ3v) is 2.84. The van der Waals surface area contributed by atoms with E-state index in [4.69, 9.17) is 10.00 Å². The fourth-order valence-electron chi connectivity index (χ4n) is 1.81. The van der Waals surface area contributed by atoms with E-state index < -0.39 is 0 Å². The number of amides is 2. The van der Waals surface area contributed by atoms with Gasteiger partial charge in [-0.05, 0) is 18.6 Å². The Hall–Kier alpha value is -2.39. The molecule has 1 rings (SSSR count). The van der Waals surface area contributed by atoms with Crippen LogP contribution in [0, 0.1) is 11.3 Å². The number of nitrogens with one attached hydrogen (secondary N) is 1. The molecule has 0 aliphatic rings. The van der Waals surface area contributed by atoms with Crippen molar-refractivity contribution in [1.82, 2.24) is 5.32 Å². The van der Waals surface area contributed by atoms with Crippen LogP contribution in [-0.4, -0.2) is 38.6 Å². The predicted molar refractivity (Wildman–Crippen MR) is 78.7 cm³/mol. The third-order valence-electron chi connectivity index (χ3n) is 2.84. The molecule has 0 aliphatic carbocycles. The number of benzene rings is 1. The number of rotatable bonds is 7. The summed E-state index contributed by atoms with van der Waals surface area (Å²) in [6.07, 6.45) is 0.705. The van der Waals surface area contributed by atoms with Crippen LogP contribution < -0.4 is 10.2 Å². The van der Waals surface area contributed by atoms with E-state index in [1.807, 2.05) is 6.07 Å². The first-order valence-corrected chi connectivity index (χ1v) is 6.63. The Morgan fingerprint density at radius 2 is 2.10 bits per heavy atom. The highest BCUT2D eigenvalue weighted by molar-refractivity contribution is 5.98. The van der Waals surface area contributed by atoms with Crippen molar-refractivity contribution in [2.45, 2.75) is 13.3 Å². The van der Waals surface area contributed by atoms with Crippen LogP contribution in [-0.2, 0) is 14.3 Å². The van der Waals surface area contributed by atoms with Gasteiger partial charge in [0.1, 0.15) is 12.6 Å². The SMILES string of the molecule is COCCCNC(=O)CN(C(C)=O)c1ccccc1C#N. The van der Waals surface area contributed by atoms with Gasteiger partial charge in [-0.25, -0.2) is 0 Å². The van der Waals surface area contributed by atoms with Crippen LogP contribution in [0.1, 0.15) is 18.9 Å². The smallest absolute Gasteiger partial charge is 0.240 e. The highest BCUT2D eigenvalue weighted by Crippen LogP contribution is 2.19. The van der Waals surface area contributed by atoms with Crippen molar-refractivity contribution in [3.63, 3.8) is 0 Å². The van der Waals surface area contributed by atoms with Crippen molar-refractivity contribution in [1.29, 1.82) is 5.26 Å². The first-order chi connectivity index (χ1) is 10.1. The molecular formula is C15H19N3O3. The molecule has 21 heavy (non-hydrogen) atoms. The van der Waals surface area contributed by atoms with E-state index in [1.54, 1.807) is 31.4 Å². The normalized spacial score (nSPS) is 9.76. The summed E-state index contributed by atoms with van der Waals surface area (Å²) < 4.78 is 4.89. The molecule has 2 amide bonds. The predicted octanol–water partition coefficient (Wildman–Crippen LogP) is 1.06. The Labute approximate surface area is 124 Å². The Morgan fingerprint density at radius 3 is 2.71 bits per heavy atom.